The van der Waals surface area contributed by atoms with Crippen LogP contribution in [0.3, 0.4) is 0 Å². The molecular formula is C14H26N2O3. The molecule has 0 aliphatic heterocycles. The van der Waals surface area contributed by atoms with Crippen LogP contribution in [0.2, 0.25) is 0 Å². The van der Waals surface area contributed by atoms with Gasteiger partial charge < -0.3 is 15.7 Å². The van der Waals surface area contributed by atoms with Gasteiger partial charge in [-0.2, -0.15) is 0 Å². The number of nitrogens with one attached hydrogen (secondary N) is 2. The lowest BCUT2D eigenvalue weighted by Gasteiger charge is -2.07. The number of rotatable bonds is 11. The molecule has 19 heavy (non-hydrogen) atoms. The molecule has 1 rings (SSSR count). The van der Waals surface area contributed by atoms with Gasteiger partial charge in [-0.3, -0.25) is 4.79 Å². The number of urea groups is 1. The van der Waals surface area contributed by atoms with Crippen molar-refractivity contribution in [3.63, 3.8) is 0 Å². The van der Waals surface area contributed by atoms with E-state index in [9.17, 15) is 9.59 Å². The van der Waals surface area contributed by atoms with Crippen LogP contribution in [-0.2, 0) is 4.79 Å². The van der Waals surface area contributed by atoms with Gasteiger partial charge in [-0.15, -0.1) is 0 Å². The van der Waals surface area contributed by atoms with Crippen LogP contribution in [0.25, 0.3) is 0 Å². The Morgan fingerprint density at radius 1 is 0.947 bits per heavy atom. The van der Waals surface area contributed by atoms with Crippen LogP contribution in [0.15, 0.2) is 0 Å². The van der Waals surface area contributed by atoms with E-state index in [1.807, 2.05) is 0 Å². The van der Waals surface area contributed by atoms with Gasteiger partial charge in [0.05, 0.1) is 0 Å². The number of unbranched alkanes of at least 4 members (excludes halogenated alkanes) is 3. The molecule has 1 fully saturated rings. The molecule has 0 heterocycles. The Labute approximate surface area is 115 Å². The molecule has 0 spiro atoms. The van der Waals surface area contributed by atoms with Crippen molar-refractivity contribution in [2.24, 2.45) is 5.92 Å². The Bertz CT molecular complexity index is 278. The van der Waals surface area contributed by atoms with E-state index in [2.05, 4.69) is 10.6 Å². The predicted molar refractivity (Wildman–Crippen MR) is 74.1 cm³/mol. The maximum Gasteiger partial charge on any atom is 0.314 e. The molecule has 5 heteroatoms. The third-order valence-electron chi connectivity index (χ3n) is 3.37. The van der Waals surface area contributed by atoms with Crippen LogP contribution in [-0.4, -0.2) is 30.2 Å². The van der Waals surface area contributed by atoms with Crippen molar-refractivity contribution >= 4 is 12.0 Å². The molecule has 1 saturated carbocycles. The van der Waals surface area contributed by atoms with E-state index in [1.54, 1.807) is 0 Å². The zero-order valence-electron chi connectivity index (χ0n) is 11.6. The van der Waals surface area contributed by atoms with E-state index in [-0.39, 0.29) is 12.5 Å². The second-order valence-electron chi connectivity index (χ2n) is 5.33. The van der Waals surface area contributed by atoms with Gasteiger partial charge in [-0.25, -0.2) is 4.79 Å². The lowest BCUT2D eigenvalue weighted by atomic mass is 10.1. The van der Waals surface area contributed by atoms with Crippen molar-refractivity contribution in [3.05, 3.63) is 0 Å². The number of amides is 2. The SMILES string of the molecule is O=C(O)CCCCCCNC(=O)NCCCC1CC1. The summed E-state index contributed by atoms with van der Waals surface area (Å²) < 4.78 is 0. The van der Waals surface area contributed by atoms with Crippen LogP contribution in [0.4, 0.5) is 4.79 Å². The second kappa shape index (κ2) is 9.64. The summed E-state index contributed by atoms with van der Waals surface area (Å²) in [4.78, 5) is 21.7. The molecule has 0 unspecified atom stereocenters. The van der Waals surface area contributed by atoms with Gasteiger partial charge in [0.1, 0.15) is 0 Å². The summed E-state index contributed by atoms with van der Waals surface area (Å²) in [5.41, 5.74) is 0. The zero-order valence-corrected chi connectivity index (χ0v) is 11.6. The number of carbonyl (C=O) groups excluding carboxylic acids is 1. The highest BCUT2D eigenvalue weighted by Crippen LogP contribution is 2.33. The minimum atomic E-state index is -0.733. The summed E-state index contributed by atoms with van der Waals surface area (Å²) in [6.45, 7) is 1.43. The Kier molecular flexibility index (Phi) is 8.02. The topological polar surface area (TPSA) is 78.4 Å². The monoisotopic (exact) mass is 270 g/mol. The highest BCUT2D eigenvalue weighted by molar-refractivity contribution is 5.73. The predicted octanol–water partition coefficient (Wildman–Crippen LogP) is 2.51. The molecule has 1 aliphatic carbocycles. The lowest BCUT2D eigenvalue weighted by molar-refractivity contribution is -0.137. The van der Waals surface area contributed by atoms with E-state index in [0.29, 0.717) is 6.54 Å². The zero-order chi connectivity index (χ0) is 13.9. The molecule has 0 radical (unpaired) electrons. The highest BCUT2D eigenvalue weighted by Gasteiger charge is 2.19. The van der Waals surface area contributed by atoms with Crippen LogP contribution in [0.5, 0.6) is 0 Å². The Balaban J connectivity index is 1.77. The van der Waals surface area contributed by atoms with Gasteiger partial charge in [0.15, 0.2) is 0 Å². The molecule has 0 bridgehead atoms. The maximum absolute atomic E-state index is 11.4. The van der Waals surface area contributed by atoms with Crippen molar-refractivity contribution in [1.29, 1.82) is 0 Å². The largest absolute Gasteiger partial charge is 0.481 e. The standard InChI is InChI=1S/C14H26N2O3/c17-13(18)7-3-1-2-4-10-15-14(19)16-11-5-6-12-8-9-12/h12H,1-11H2,(H,17,18)(H2,15,16,19). The lowest BCUT2D eigenvalue weighted by Crippen LogP contribution is -2.36. The minimum absolute atomic E-state index is 0.0821. The molecular weight excluding hydrogens is 244 g/mol. The van der Waals surface area contributed by atoms with E-state index >= 15 is 0 Å². The molecule has 0 aromatic rings. The van der Waals surface area contributed by atoms with Crippen molar-refractivity contribution < 1.29 is 14.7 Å². The Morgan fingerprint density at radius 3 is 2.21 bits per heavy atom. The van der Waals surface area contributed by atoms with Crippen LogP contribution in [0, 0.1) is 5.92 Å². The molecule has 0 aromatic heterocycles. The van der Waals surface area contributed by atoms with Crippen molar-refractivity contribution in [1.82, 2.24) is 10.6 Å². The molecule has 0 atom stereocenters. The average Bonchev–Trinajstić information content (AvgIpc) is 3.17. The third kappa shape index (κ3) is 10.4. The Morgan fingerprint density at radius 2 is 1.58 bits per heavy atom. The summed E-state index contributed by atoms with van der Waals surface area (Å²) in [6.07, 6.45) is 8.82. The van der Waals surface area contributed by atoms with E-state index < -0.39 is 5.97 Å². The molecule has 0 aromatic carbocycles. The first-order chi connectivity index (χ1) is 9.18. The Hall–Kier alpha value is -1.26. The van der Waals surface area contributed by atoms with Gasteiger partial charge in [-0.05, 0) is 31.6 Å². The van der Waals surface area contributed by atoms with Gasteiger partial charge >= 0.3 is 12.0 Å². The summed E-state index contributed by atoms with van der Waals surface area (Å²) in [5.74, 6) is 0.194. The normalized spacial score (nSPS) is 14.1. The van der Waals surface area contributed by atoms with E-state index in [1.165, 1.54) is 19.3 Å². The van der Waals surface area contributed by atoms with Gasteiger partial charge in [0.2, 0.25) is 0 Å². The highest BCUT2D eigenvalue weighted by atomic mass is 16.4. The first kappa shape index (κ1) is 15.8. The minimum Gasteiger partial charge on any atom is -0.481 e. The second-order valence-corrected chi connectivity index (χ2v) is 5.33. The molecule has 2 amide bonds. The summed E-state index contributed by atoms with van der Waals surface area (Å²) >= 11 is 0. The quantitative estimate of drug-likeness (QED) is 0.505. The molecule has 3 N–H and O–H groups in total. The number of carbonyl (C=O) groups is 2. The maximum atomic E-state index is 11.4. The van der Waals surface area contributed by atoms with Crippen molar-refractivity contribution in [2.45, 2.75) is 57.8 Å². The number of carboxylic acids is 1. The number of aliphatic carboxylic acids is 1. The van der Waals surface area contributed by atoms with Crippen molar-refractivity contribution in [2.75, 3.05) is 13.1 Å². The van der Waals surface area contributed by atoms with Gasteiger partial charge in [0, 0.05) is 19.5 Å². The number of hydrogen-bond acceptors (Lipinski definition) is 2. The first-order valence-corrected chi connectivity index (χ1v) is 7.42. The van der Waals surface area contributed by atoms with E-state index in [0.717, 1.165) is 44.6 Å². The van der Waals surface area contributed by atoms with Crippen LogP contribution in [0.1, 0.15) is 57.8 Å². The number of carboxylic acid groups (broad SMARTS) is 1. The fourth-order valence-electron chi connectivity index (χ4n) is 2.02. The van der Waals surface area contributed by atoms with Gasteiger partial charge in [0.25, 0.3) is 0 Å². The van der Waals surface area contributed by atoms with Crippen LogP contribution < -0.4 is 10.6 Å². The fraction of sp³-hybridized carbons (Fsp3) is 0.857. The number of hydrogen-bond donors (Lipinski definition) is 3. The summed E-state index contributed by atoms with van der Waals surface area (Å²) in [5, 5.41) is 14.1. The van der Waals surface area contributed by atoms with Crippen molar-refractivity contribution in [3.8, 4) is 0 Å². The molecule has 0 saturated heterocycles. The summed E-state index contributed by atoms with van der Waals surface area (Å²) in [7, 11) is 0. The molecule has 1 aliphatic rings. The average molecular weight is 270 g/mol. The van der Waals surface area contributed by atoms with E-state index in [4.69, 9.17) is 5.11 Å². The molecule has 110 valence electrons. The summed E-state index contributed by atoms with van der Waals surface area (Å²) in [6, 6.07) is -0.0821. The van der Waals surface area contributed by atoms with Gasteiger partial charge in [-0.1, -0.05) is 25.7 Å². The third-order valence-corrected chi connectivity index (χ3v) is 3.37. The van der Waals surface area contributed by atoms with Crippen LogP contribution >= 0.6 is 0 Å². The fourth-order valence-corrected chi connectivity index (χ4v) is 2.02. The first-order valence-electron chi connectivity index (χ1n) is 7.42. The smallest absolute Gasteiger partial charge is 0.314 e. The molecule has 5 nitrogen and oxygen atoms in total.